The third kappa shape index (κ3) is 13.2. The van der Waals surface area contributed by atoms with Crippen LogP contribution in [0.3, 0.4) is 0 Å². The Morgan fingerprint density at radius 3 is 1.62 bits per heavy atom. The van der Waals surface area contributed by atoms with Crippen LogP contribution in [0.25, 0.3) is 0 Å². The van der Waals surface area contributed by atoms with Crippen LogP contribution in [0.2, 0.25) is 64.5 Å². The van der Waals surface area contributed by atoms with Crippen LogP contribution in [0.4, 0.5) is 0 Å². The van der Waals surface area contributed by atoms with Crippen LogP contribution in [0.1, 0.15) is 20.8 Å². The Hall–Kier alpha value is 1.02. The van der Waals surface area contributed by atoms with E-state index in [9.17, 15) is 0 Å². The Kier molecular flexibility index (Phi) is 14.0. The molecular weight excluding hydrogens is 473 g/mol. The van der Waals surface area contributed by atoms with Gasteiger partial charge in [-0.2, -0.15) is 0 Å². The molecule has 7 nitrogen and oxygen atoms in total. The van der Waals surface area contributed by atoms with Crippen LogP contribution in [0.5, 0.6) is 0 Å². The molecular formula is C16H44O7Si6. The summed E-state index contributed by atoms with van der Waals surface area (Å²) in [5, 5.41) is 0. The highest BCUT2D eigenvalue weighted by atomic mass is 28.5. The monoisotopic (exact) mass is 516 g/mol. The molecule has 0 aromatic carbocycles. The van der Waals surface area contributed by atoms with Crippen molar-refractivity contribution < 1.29 is 29.7 Å². The number of hydrogen-bond acceptors (Lipinski definition) is 7. The van der Waals surface area contributed by atoms with Crippen molar-refractivity contribution in [1.82, 2.24) is 0 Å². The highest BCUT2D eigenvalue weighted by molar-refractivity contribution is 6.86. The fourth-order valence-corrected chi connectivity index (χ4v) is 24.2. The van der Waals surface area contributed by atoms with Gasteiger partial charge in [-0.25, -0.2) is 0 Å². The van der Waals surface area contributed by atoms with Crippen LogP contribution < -0.4 is 0 Å². The average molecular weight is 517 g/mol. The lowest BCUT2D eigenvalue weighted by Crippen LogP contribution is -2.55. The lowest BCUT2D eigenvalue weighted by Gasteiger charge is -2.39. The molecule has 0 saturated carbocycles. The van der Waals surface area contributed by atoms with Crippen LogP contribution in [-0.2, 0) is 29.7 Å². The zero-order valence-corrected chi connectivity index (χ0v) is 26.6. The van der Waals surface area contributed by atoms with E-state index in [1.165, 1.54) is 0 Å². The first-order chi connectivity index (χ1) is 13.3. The second-order valence-electron chi connectivity index (χ2n) is 8.34. The van der Waals surface area contributed by atoms with Gasteiger partial charge in [-0.1, -0.05) is 0 Å². The molecule has 0 rings (SSSR count). The smallest absolute Gasteiger partial charge is 0.437 e. The average Bonchev–Trinajstić information content (AvgIpc) is 2.51. The molecule has 2 radical (unpaired) electrons. The standard InChI is InChI=1S/C16H44O7Si6/c1-12-17-29(18-13-2,19-14-3)16-15-28(11,23-26(6,7)8)22-25(5)21-27(9,10)20-24-4/h25H,12-16H2,1-11H3. The fourth-order valence-electron chi connectivity index (χ4n) is 3.21. The van der Waals surface area contributed by atoms with E-state index in [0.29, 0.717) is 35.6 Å². The lowest BCUT2D eigenvalue weighted by molar-refractivity contribution is 0.0719. The second kappa shape index (κ2) is 13.5. The lowest BCUT2D eigenvalue weighted by atomic mass is 10.9. The predicted octanol–water partition coefficient (Wildman–Crippen LogP) is 4.23. The van der Waals surface area contributed by atoms with Crippen molar-refractivity contribution in [3.8, 4) is 0 Å². The van der Waals surface area contributed by atoms with Crippen LogP contribution in [-0.4, -0.2) is 73.1 Å². The topological polar surface area (TPSA) is 64.6 Å². The van der Waals surface area contributed by atoms with Gasteiger partial charge in [0.05, 0.1) is 0 Å². The van der Waals surface area contributed by atoms with E-state index in [4.69, 9.17) is 29.7 Å². The van der Waals surface area contributed by atoms with Crippen molar-refractivity contribution in [2.45, 2.75) is 85.2 Å². The summed E-state index contributed by atoms with van der Waals surface area (Å²) >= 11 is 0. The molecule has 0 heterocycles. The van der Waals surface area contributed by atoms with Gasteiger partial charge in [-0.15, -0.1) is 0 Å². The largest absolute Gasteiger partial charge is 0.500 e. The summed E-state index contributed by atoms with van der Waals surface area (Å²) in [6.07, 6.45) is 0. The van der Waals surface area contributed by atoms with E-state index < -0.39 is 43.5 Å². The molecule has 0 aromatic heterocycles. The van der Waals surface area contributed by atoms with Crippen LogP contribution >= 0.6 is 0 Å². The van der Waals surface area contributed by atoms with Gasteiger partial charge >= 0.3 is 35.2 Å². The normalized spacial score (nSPS) is 16.7. The van der Waals surface area contributed by atoms with E-state index in [1.807, 2.05) is 27.3 Å². The van der Waals surface area contributed by atoms with E-state index >= 15 is 0 Å². The summed E-state index contributed by atoms with van der Waals surface area (Å²) in [7, 11) is -10.7. The van der Waals surface area contributed by atoms with Gasteiger partial charge in [-0.3, -0.25) is 0 Å². The summed E-state index contributed by atoms with van der Waals surface area (Å²) in [4.78, 5) is 0. The van der Waals surface area contributed by atoms with Gasteiger partial charge in [0.1, 0.15) is 0 Å². The van der Waals surface area contributed by atoms with E-state index in [1.54, 1.807) is 0 Å². The Balaban J connectivity index is 5.41. The molecule has 0 aliphatic heterocycles. The summed E-state index contributed by atoms with van der Waals surface area (Å²) in [5.74, 6) is 0. The summed E-state index contributed by atoms with van der Waals surface area (Å²) < 4.78 is 43.5. The Morgan fingerprint density at radius 1 is 0.759 bits per heavy atom. The maximum absolute atomic E-state index is 6.64. The SMILES string of the molecule is CCO[Si](CC[Si](C)(O[SiH](C)O[Si](C)(C)O[Si]C)O[Si](C)(C)C)(OCC)OCC. The maximum Gasteiger partial charge on any atom is 0.500 e. The molecule has 2 unspecified atom stereocenters. The van der Waals surface area contributed by atoms with Crippen LogP contribution in [0.15, 0.2) is 0 Å². The molecule has 0 N–H and O–H groups in total. The van der Waals surface area contributed by atoms with Crippen molar-refractivity contribution in [3.05, 3.63) is 0 Å². The van der Waals surface area contributed by atoms with Gasteiger partial charge < -0.3 is 29.7 Å². The zero-order chi connectivity index (χ0) is 22.8. The fraction of sp³-hybridized carbons (Fsp3) is 1.00. The quantitative estimate of drug-likeness (QED) is 0.268. The van der Waals surface area contributed by atoms with E-state index in [2.05, 4.69) is 45.8 Å². The molecule has 0 fully saturated rings. The zero-order valence-electron chi connectivity index (χ0n) is 20.5. The molecule has 0 aromatic rings. The van der Waals surface area contributed by atoms with Gasteiger partial charge in [-0.05, 0) is 79.2 Å². The first-order valence-electron chi connectivity index (χ1n) is 10.6. The third-order valence-electron chi connectivity index (χ3n) is 3.71. The van der Waals surface area contributed by atoms with Gasteiger partial charge in [0, 0.05) is 25.9 Å². The molecule has 0 aliphatic carbocycles. The van der Waals surface area contributed by atoms with E-state index in [0.717, 1.165) is 6.04 Å². The minimum absolute atomic E-state index is 0.426. The molecule has 174 valence electrons. The summed E-state index contributed by atoms with van der Waals surface area (Å²) in [6, 6.07) is 1.47. The number of hydrogen-bond donors (Lipinski definition) is 0. The molecule has 0 spiro atoms. The van der Waals surface area contributed by atoms with Crippen molar-refractivity contribution in [1.29, 1.82) is 0 Å². The molecule has 0 aliphatic rings. The number of rotatable bonds is 17. The molecule has 29 heavy (non-hydrogen) atoms. The summed E-state index contributed by atoms with van der Waals surface area (Å²) in [5.41, 5.74) is 0. The van der Waals surface area contributed by atoms with Gasteiger partial charge in [0.25, 0.3) is 0 Å². The van der Waals surface area contributed by atoms with E-state index in [-0.39, 0.29) is 0 Å². The molecule has 0 amide bonds. The van der Waals surface area contributed by atoms with Crippen LogP contribution in [0, 0.1) is 0 Å². The first-order valence-corrected chi connectivity index (χ1v) is 24.8. The molecule has 0 saturated heterocycles. The second-order valence-corrected chi connectivity index (χ2v) is 25.9. The molecule has 0 bridgehead atoms. The third-order valence-corrected chi connectivity index (χ3v) is 22.3. The minimum Gasteiger partial charge on any atom is -0.437 e. The Labute approximate surface area is 187 Å². The minimum atomic E-state index is -2.74. The van der Waals surface area contributed by atoms with Crippen molar-refractivity contribution in [2.75, 3.05) is 19.8 Å². The maximum atomic E-state index is 6.64. The highest BCUT2D eigenvalue weighted by Gasteiger charge is 2.47. The van der Waals surface area contributed by atoms with Crippen molar-refractivity contribution in [2.24, 2.45) is 0 Å². The molecule has 2 atom stereocenters. The Bertz CT molecular complexity index is 435. The van der Waals surface area contributed by atoms with Crippen molar-refractivity contribution >= 4 is 53.3 Å². The Morgan fingerprint density at radius 2 is 1.24 bits per heavy atom. The molecule has 13 heteroatoms. The highest BCUT2D eigenvalue weighted by Crippen LogP contribution is 2.28. The predicted molar refractivity (Wildman–Crippen MR) is 132 cm³/mol. The first kappa shape index (κ1) is 30.0. The van der Waals surface area contributed by atoms with Gasteiger partial charge in [0.15, 0.2) is 8.32 Å². The van der Waals surface area contributed by atoms with Crippen molar-refractivity contribution in [3.63, 3.8) is 0 Å². The summed E-state index contributed by atoms with van der Waals surface area (Å²) in [6.45, 7) is 24.7. The van der Waals surface area contributed by atoms with Gasteiger partial charge in [0.2, 0.25) is 9.76 Å².